The predicted octanol–water partition coefficient (Wildman–Crippen LogP) is 2.64. The molecule has 0 aliphatic rings. The van der Waals surface area contributed by atoms with Crippen LogP contribution in [0.2, 0.25) is 0 Å². The van der Waals surface area contributed by atoms with Gasteiger partial charge in [0.05, 0.1) is 0 Å². The highest BCUT2D eigenvalue weighted by atomic mass is 16.4. The number of aromatic carboxylic acids is 1. The number of hydrogen-bond donors (Lipinski definition) is 1. The number of aromatic nitrogens is 2. The van der Waals surface area contributed by atoms with Crippen LogP contribution in [-0.4, -0.2) is 27.6 Å². The van der Waals surface area contributed by atoms with E-state index >= 15 is 0 Å². The Morgan fingerprint density at radius 1 is 1.21 bits per heavy atom. The lowest BCUT2D eigenvalue weighted by Gasteiger charge is -2.22. The maximum absolute atomic E-state index is 11.2. The van der Waals surface area contributed by atoms with Crippen LogP contribution in [0.5, 0.6) is 0 Å². The largest absolute Gasteiger partial charge is 0.476 e. The fourth-order valence-corrected chi connectivity index (χ4v) is 1.86. The van der Waals surface area contributed by atoms with Crippen LogP contribution in [0.4, 0.5) is 11.5 Å². The van der Waals surface area contributed by atoms with Gasteiger partial charge in [-0.1, -0.05) is 17.7 Å². The van der Waals surface area contributed by atoms with Crippen LogP contribution in [0.1, 0.15) is 23.0 Å². The van der Waals surface area contributed by atoms with Crippen LogP contribution in [-0.2, 0) is 0 Å². The van der Waals surface area contributed by atoms with E-state index in [-0.39, 0.29) is 5.69 Å². The summed E-state index contributed by atoms with van der Waals surface area (Å²) in [6.45, 7) is 4.56. The standard InChI is InChI=1S/C14H15N3O2/c1-3-17(11-6-4-10(2)5-7-11)13-12(14(18)19)15-8-9-16-13/h4-9H,3H2,1-2H3,(H,18,19). The summed E-state index contributed by atoms with van der Waals surface area (Å²) in [4.78, 5) is 21.1. The second kappa shape index (κ2) is 5.48. The van der Waals surface area contributed by atoms with E-state index in [4.69, 9.17) is 0 Å². The number of benzene rings is 1. The lowest BCUT2D eigenvalue weighted by Crippen LogP contribution is -2.21. The van der Waals surface area contributed by atoms with Crippen molar-refractivity contribution in [3.8, 4) is 0 Å². The van der Waals surface area contributed by atoms with E-state index in [1.54, 1.807) is 0 Å². The molecule has 2 rings (SSSR count). The van der Waals surface area contributed by atoms with Crippen molar-refractivity contribution < 1.29 is 9.90 Å². The van der Waals surface area contributed by atoms with Gasteiger partial charge in [-0.3, -0.25) is 0 Å². The van der Waals surface area contributed by atoms with E-state index in [0.717, 1.165) is 11.3 Å². The topological polar surface area (TPSA) is 66.3 Å². The Morgan fingerprint density at radius 2 is 1.84 bits per heavy atom. The van der Waals surface area contributed by atoms with E-state index in [9.17, 15) is 9.90 Å². The first-order valence-corrected chi connectivity index (χ1v) is 6.02. The minimum Gasteiger partial charge on any atom is -0.476 e. The molecule has 1 heterocycles. The van der Waals surface area contributed by atoms with Gasteiger partial charge in [-0.25, -0.2) is 14.8 Å². The molecule has 0 saturated carbocycles. The Labute approximate surface area is 111 Å². The highest BCUT2D eigenvalue weighted by Gasteiger charge is 2.18. The zero-order valence-electron chi connectivity index (χ0n) is 10.9. The van der Waals surface area contributed by atoms with Crippen molar-refractivity contribution in [2.45, 2.75) is 13.8 Å². The molecule has 98 valence electrons. The summed E-state index contributed by atoms with van der Waals surface area (Å²) < 4.78 is 0. The van der Waals surface area contributed by atoms with Crippen LogP contribution in [0.25, 0.3) is 0 Å². The summed E-state index contributed by atoms with van der Waals surface area (Å²) in [6, 6.07) is 7.85. The molecule has 5 nitrogen and oxygen atoms in total. The maximum Gasteiger partial charge on any atom is 0.358 e. The molecule has 19 heavy (non-hydrogen) atoms. The number of carbonyl (C=O) groups is 1. The van der Waals surface area contributed by atoms with E-state index in [1.807, 2.05) is 43.0 Å². The van der Waals surface area contributed by atoms with Gasteiger partial charge < -0.3 is 10.0 Å². The molecule has 0 aliphatic carbocycles. The molecule has 0 saturated heterocycles. The maximum atomic E-state index is 11.2. The van der Waals surface area contributed by atoms with Gasteiger partial charge in [-0.2, -0.15) is 0 Å². The molecule has 0 unspecified atom stereocenters. The average molecular weight is 257 g/mol. The summed E-state index contributed by atoms with van der Waals surface area (Å²) in [5, 5.41) is 9.17. The van der Waals surface area contributed by atoms with Crippen molar-refractivity contribution in [2.75, 3.05) is 11.4 Å². The van der Waals surface area contributed by atoms with Crippen LogP contribution in [0, 0.1) is 6.92 Å². The van der Waals surface area contributed by atoms with Gasteiger partial charge in [0, 0.05) is 24.6 Å². The summed E-state index contributed by atoms with van der Waals surface area (Å²) in [5.74, 6) is -0.713. The van der Waals surface area contributed by atoms with E-state index in [1.165, 1.54) is 12.4 Å². The van der Waals surface area contributed by atoms with Crippen LogP contribution >= 0.6 is 0 Å². The monoisotopic (exact) mass is 257 g/mol. The first-order chi connectivity index (χ1) is 9.13. The first kappa shape index (κ1) is 13.0. The van der Waals surface area contributed by atoms with E-state index in [2.05, 4.69) is 9.97 Å². The zero-order valence-corrected chi connectivity index (χ0v) is 10.9. The molecule has 0 aliphatic heterocycles. The third kappa shape index (κ3) is 2.70. The van der Waals surface area contributed by atoms with Crippen LogP contribution in [0.15, 0.2) is 36.7 Å². The smallest absolute Gasteiger partial charge is 0.358 e. The molecule has 0 amide bonds. The molecule has 0 bridgehead atoms. The molecule has 0 atom stereocenters. The minimum atomic E-state index is -1.08. The van der Waals surface area contributed by atoms with Crippen molar-refractivity contribution in [2.24, 2.45) is 0 Å². The third-order valence-corrected chi connectivity index (χ3v) is 2.80. The quantitative estimate of drug-likeness (QED) is 0.912. The Balaban J connectivity index is 2.48. The number of rotatable bonds is 4. The third-order valence-electron chi connectivity index (χ3n) is 2.80. The number of carboxylic acids is 1. The Hall–Kier alpha value is -2.43. The van der Waals surface area contributed by atoms with E-state index in [0.29, 0.717) is 12.4 Å². The lowest BCUT2D eigenvalue weighted by molar-refractivity contribution is 0.0691. The molecular formula is C14H15N3O2. The van der Waals surface area contributed by atoms with Gasteiger partial charge in [0.1, 0.15) is 0 Å². The zero-order chi connectivity index (χ0) is 13.8. The number of aryl methyl sites for hydroxylation is 1. The summed E-state index contributed by atoms with van der Waals surface area (Å²) in [7, 11) is 0. The van der Waals surface area contributed by atoms with Crippen molar-refractivity contribution in [3.63, 3.8) is 0 Å². The number of hydrogen-bond acceptors (Lipinski definition) is 4. The Bertz CT molecular complexity index is 581. The fraction of sp³-hybridized carbons (Fsp3) is 0.214. The second-order valence-corrected chi connectivity index (χ2v) is 4.11. The number of anilines is 2. The lowest BCUT2D eigenvalue weighted by atomic mass is 10.2. The molecule has 2 aromatic rings. The van der Waals surface area contributed by atoms with E-state index < -0.39 is 5.97 Å². The second-order valence-electron chi connectivity index (χ2n) is 4.11. The Kier molecular flexibility index (Phi) is 3.75. The van der Waals surface area contributed by atoms with Crippen LogP contribution in [0.3, 0.4) is 0 Å². The van der Waals surface area contributed by atoms with Gasteiger partial charge in [-0.15, -0.1) is 0 Å². The minimum absolute atomic E-state index is 0.0371. The summed E-state index contributed by atoms with van der Waals surface area (Å²) >= 11 is 0. The van der Waals surface area contributed by atoms with Gasteiger partial charge >= 0.3 is 5.97 Å². The molecule has 5 heteroatoms. The van der Waals surface area contributed by atoms with Gasteiger partial charge in [0.15, 0.2) is 11.5 Å². The summed E-state index contributed by atoms with van der Waals surface area (Å²) in [6.07, 6.45) is 2.88. The molecule has 0 spiro atoms. The highest BCUT2D eigenvalue weighted by Crippen LogP contribution is 2.25. The van der Waals surface area contributed by atoms with Crippen molar-refractivity contribution in [1.82, 2.24) is 9.97 Å². The summed E-state index contributed by atoms with van der Waals surface area (Å²) in [5.41, 5.74) is 2.01. The molecule has 1 N–H and O–H groups in total. The fourth-order valence-electron chi connectivity index (χ4n) is 1.86. The average Bonchev–Trinajstić information content (AvgIpc) is 2.42. The first-order valence-electron chi connectivity index (χ1n) is 6.02. The van der Waals surface area contributed by atoms with Gasteiger partial charge in [0.2, 0.25) is 0 Å². The van der Waals surface area contributed by atoms with Crippen molar-refractivity contribution in [1.29, 1.82) is 0 Å². The molecule has 0 radical (unpaired) electrons. The molecule has 1 aromatic heterocycles. The molecule has 0 fully saturated rings. The number of nitrogens with zero attached hydrogens (tertiary/aromatic N) is 3. The number of carboxylic acid groups (broad SMARTS) is 1. The molecule has 1 aromatic carbocycles. The SMILES string of the molecule is CCN(c1ccc(C)cc1)c1nccnc1C(=O)O. The Morgan fingerprint density at radius 3 is 2.42 bits per heavy atom. The predicted molar refractivity (Wildman–Crippen MR) is 72.9 cm³/mol. The van der Waals surface area contributed by atoms with Crippen molar-refractivity contribution in [3.05, 3.63) is 47.9 Å². The highest BCUT2D eigenvalue weighted by molar-refractivity contribution is 5.92. The van der Waals surface area contributed by atoms with Gasteiger partial charge in [0.25, 0.3) is 0 Å². The van der Waals surface area contributed by atoms with Gasteiger partial charge in [-0.05, 0) is 26.0 Å². The van der Waals surface area contributed by atoms with Crippen molar-refractivity contribution >= 4 is 17.5 Å². The molecular weight excluding hydrogens is 242 g/mol. The van der Waals surface area contributed by atoms with Crippen LogP contribution < -0.4 is 4.90 Å². The normalized spacial score (nSPS) is 10.2.